The highest BCUT2D eigenvalue weighted by Gasteiger charge is 2.07. The number of nitrogens with one attached hydrogen (secondary N) is 1. The van der Waals surface area contributed by atoms with E-state index in [4.69, 9.17) is 15.7 Å². The summed E-state index contributed by atoms with van der Waals surface area (Å²) in [5, 5.41) is 11.5. The first-order valence-corrected chi connectivity index (χ1v) is 6.35. The zero-order chi connectivity index (χ0) is 15.2. The number of hydrogen-bond donors (Lipinski definition) is 2. The van der Waals surface area contributed by atoms with Gasteiger partial charge in [-0.15, -0.1) is 0 Å². The quantitative estimate of drug-likeness (QED) is 0.842. The Labute approximate surface area is 123 Å². The first-order valence-electron chi connectivity index (χ1n) is 6.35. The molecule has 1 amide bonds. The Morgan fingerprint density at radius 1 is 1.29 bits per heavy atom. The van der Waals surface area contributed by atoms with Crippen LogP contribution in [0.1, 0.15) is 11.1 Å². The number of methoxy groups -OCH3 is 1. The van der Waals surface area contributed by atoms with Crippen LogP contribution in [0, 0.1) is 11.3 Å². The van der Waals surface area contributed by atoms with E-state index in [1.165, 1.54) is 6.07 Å². The number of nitrogens with two attached hydrogens (primary N) is 1. The van der Waals surface area contributed by atoms with Gasteiger partial charge in [0.2, 0.25) is 5.91 Å². The molecule has 2 aromatic carbocycles. The fourth-order valence-electron chi connectivity index (χ4n) is 1.87. The van der Waals surface area contributed by atoms with Gasteiger partial charge in [-0.3, -0.25) is 4.79 Å². The van der Waals surface area contributed by atoms with E-state index in [0.29, 0.717) is 16.9 Å². The van der Waals surface area contributed by atoms with Gasteiger partial charge in [0, 0.05) is 0 Å². The predicted octanol–water partition coefficient (Wildman–Crippen LogP) is 2.33. The summed E-state index contributed by atoms with van der Waals surface area (Å²) >= 11 is 0. The van der Waals surface area contributed by atoms with E-state index >= 15 is 0 Å². The van der Waals surface area contributed by atoms with Crippen molar-refractivity contribution in [3.8, 4) is 11.8 Å². The summed E-state index contributed by atoms with van der Waals surface area (Å²) in [5.41, 5.74) is 8.01. The molecule has 0 unspecified atom stereocenters. The van der Waals surface area contributed by atoms with Crippen molar-refractivity contribution in [3.63, 3.8) is 0 Å². The average molecular weight is 281 g/mol. The summed E-state index contributed by atoms with van der Waals surface area (Å²) in [5.74, 6) is 0.576. The fourth-order valence-corrected chi connectivity index (χ4v) is 1.87. The van der Waals surface area contributed by atoms with Crippen LogP contribution in [0.15, 0.2) is 42.5 Å². The third-order valence-corrected chi connectivity index (χ3v) is 2.98. The average Bonchev–Trinajstić information content (AvgIpc) is 2.50. The summed E-state index contributed by atoms with van der Waals surface area (Å²) < 4.78 is 5.06. The van der Waals surface area contributed by atoms with Crippen molar-refractivity contribution in [1.29, 1.82) is 5.26 Å². The van der Waals surface area contributed by atoms with Gasteiger partial charge in [-0.25, -0.2) is 0 Å². The number of hydrogen-bond acceptors (Lipinski definition) is 4. The Kier molecular flexibility index (Phi) is 4.42. The van der Waals surface area contributed by atoms with Gasteiger partial charge in [0.05, 0.1) is 36.5 Å². The van der Waals surface area contributed by atoms with E-state index in [-0.39, 0.29) is 12.3 Å². The molecule has 0 saturated heterocycles. The van der Waals surface area contributed by atoms with Crippen LogP contribution in [0.4, 0.5) is 11.4 Å². The van der Waals surface area contributed by atoms with Gasteiger partial charge in [0.25, 0.3) is 0 Å². The number of nitrogens with zero attached hydrogens (tertiary/aromatic N) is 1. The van der Waals surface area contributed by atoms with Crippen LogP contribution in [-0.4, -0.2) is 13.0 Å². The SMILES string of the molecule is COc1ccc(CC(=O)Nc2ccc(C#N)cc2N)cc1. The zero-order valence-electron chi connectivity index (χ0n) is 11.6. The van der Waals surface area contributed by atoms with Crippen LogP contribution in [0.3, 0.4) is 0 Å². The molecule has 5 heteroatoms. The molecule has 0 bridgehead atoms. The second-order valence-electron chi connectivity index (χ2n) is 4.49. The van der Waals surface area contributed by atoms with Crippen molar-refractivity contribution in [1.82, 2.24) is 0 Å². The third-order valence-electron chi connectivity index (χ3n) is 2.98. The Hall–Kier alpha value is -3.00. The minimum absolute atomic E-state index is 0.170. The van der Waals surface area contributed by atoms with E-state index in [0.717, 1.165) is 11.3 Å². The van der Waals surface area contributed by atoms with Gasteiger partial charge >= 0.3 is 0 Å². The highest BCUT2D eigenvalue weighted by Crippen LogP contribution is 2.20. The minimum atomic E-state index is -0.170. The van der Waals surface area contributed by atoms with E-state index < -0.39 is 0 Å². The molecule has 0 atom stereocenters. The van der Waals surface area contributed by atoms with Gasteiger partial charge in [-0.05, 0) is 35.9 Å². The second-order valence-corrected chi connectivity index (χ2v) is 4.49. The summed E-state index contributed by atoms with van der Waals surface area (Å²) in [7, 11) is 1.59. The molecular formula is C16H15N3O2. The standard InChI is InChI=1S/C16H15N3O2/c1-21-13-5-2-11(3-6-13)9-16(20)19-15-7-4-12(10-17)8-14(15)18/h2-8H,9,18H2,1H3,(H,19,20). The first kappa shape index (κ1) is 14.4. The van der Waals surface area contributed by atoms with Crippen LogP contribution >= 0.6 is 0 Å². The molecule has 0 aliphatic heterocycles. The van der Waals surface area contributed by atoms with E-state index in [1.54, 1.807) is 31.4 Å². The molecule has 0 aliphatic rings. The molecule has 0 saturated carbocycles. The zero-order valence-corrected chi connectivity index (χ0v) is 11.6. The minimum Gasteiger partial charge on any atom is -0.497 e. The van der Waals surface area contributed by atoms with Crippen molar-refractivity contribution < 1.29 is 9.53 Å². The van der Waals surface area contributed by atoms with Crippen molar-refractivity contribution in [3.05, 3.63) is 53.6 Å². The predicted molar refractivity (Wildman–Crippen MR) is 80.9 cm³/mol. The molecular weight excluding hydrogens is 266 g/mol. The Morgan fingerprint density at radius 3 is 2.57 bits per heavy atom. The number of anilines is 2. The van der Waals surface area contributed by atoms with Crippen molar-refractivity contribution in [2.45, 2.75) is 6.42 Å². The Balaban J connectivity index is 2.02. The number of carbonyl (C=O) groups excluding carboxylic acids is 1. The summed E-state index contributed by atoms with van der Waals surface area (Å²) in [4.78, 5) is 12.0. The number of rotatable bonds is 4. The first-order chi connectivity index (χ1) is 10.1. The number of nitriles is 1. The fraction of sp³-hybridized carbons (Fsp3) is 0.125. The highest BCUT2D eigenvalue weighted by molar-refractivity contribution is 5.95. The maximum absolute atomic E-state index is 12.0. The Morgan fingerprint density at radius 2 is 2.00 bits per heavy atom. The van der Waals surface area contributed by atoms with Crippen LogP contribution in [0.25, 0.3) is 0 Å². The lowest BCUT2D eigenvalue weighted by molar-refractivity contribution is -0.115. The molecule has 3 N–H and O–H groups in total. The van der Waals surface area contributed by atoms with Gasteiger partial charge < -0.3 is 15.8 Å². The van der Waals surface area contributed by atoms with Crippen LogP contribution in [0.5, 0.6) is 5.75 Å². The molecule has 2 aromatic rings. The molecule has 0 spiro atoms. The summed E-state index contributed by atoms with van der Waals surface area (Å²) in [6.45, 7) is 0. The second kappa shape index (κ2) is 6.44. The van der Waals surface area contributed by atoms with Crippen LogP contribution in [-0.2, 0) is 11.2 Å². The van der Waals surface area contributed by atoms with Crippen LogP contribution in [0.2, 0.25) is 0 Å². The summed E-state index contributed by atoms with van der Waals surface area (Å²) in [6, 6.07) is 14.0. The number of nitrogen functional groups attached to an aromatic ring is 1. The molecule has 21 heavy (non-hydrogen) atoms. The maximum Gasteiger partial charge on any atom is 0.228 e. The molecule has 106 valence electrons. The lowest BCUT2D eigenvalue weighted by Crippen LogP contribution is -2.15. The lowest BCUT2D eigenvalue weighted by atomic mass is 10.1. The van der Waals surface area contributed by atoms with E-state index in [2.05, 4.69) is 5.32 Å². The molecule has 0 aromatic heterocycles. The van der Waals surface area contributed by atoms with Crippen molar-refractivity contribution in [2.75, 3.05) is 18.2 Å². The van der Waals surface area contributed by atoms with Crippen LogP contribution < -0.4 is 15.8 Å². The molecule has 0 fully saturated rings. The monoisotopic (exact) mass is 281 g/mol. The smallest absolute Gasteiger partial charge is 0.228 e. The molecule has 2 rings (SSSR count). The number of amides is 1. The van der Waals surface area contributed by atoms with Gasteiger partial charge in [0.1, 0.15) is 5.75 Å². The van der Waals surface area contributed by atoms with E-state index in [9.17, 15) is 4.79 Å². The normalized spacial score (nSPS) is 9.71. The number of carbonyl (C=O) groups is 1. The Bertz CT molecular complexity index is 688. The molecule has 0 heterocycles. The summed E-state index contributed by atoms with van der Waals surface area (Å²) in [6.07, 6.45) is 0.240. The number of benzene rings is 2. The highest BCUT2D eigenvalue weighted by atomic mass is 16.5. The molecule has 5 nitrogen and oxygen atoms in total. The van der Waals surface area contributed by atoms with Crippen molar-refractivity contribution in [2.24, 2.45) is 0 Å². The third kappa shape index (κ3) is 3.74. The van der Waals surface area contributed by atoms with Gasteiger partial charge in [-0.1, -0.05) is 12.1 Å². The lowest BCUT2D eigenvalue weighted by Gasteiger charge is -2.08. The van der Waals surface area contributed by atoms with E-state index in [1.807, 2.05) is 18.2 Å². The molecule has 0 aliphatic carbocycles. The number of ether oxygens (including phenoxy) is 1. The van der Waals surface area contributed by atoms with Crippen molar-refractivity contribution >= 4 is 17.3 Å². The maximum atomic E-state index is 12.0. The molecule has 0 radical (unpaired) electrons. The topological polar surface area (TPSA) is 88.1 Å². The van der Waals surface area contributed by atoms with Gasteiger partial charge in [-0.2, -0.15) is 5.26 Å². The largest absolute Gasteiger partial charge is 0.497 e. The van der Waals surface area contributed by atoms with Gasteiger partial charge in [0.15, 0.2) is 0 Å².